The summed E-state index contributed by atoms with van der Waals surface area (Å²) < 4.78 is 1.90. The van der Waals surface area contributed by atoms with Gasteiger partial charge in [-0.25, -0.2) is 0 Å². The molecule has 1 fully saturated rings. The first-order chi connectivity index (χ1) is 9.40. The third-order valence-corrected chi connectivity index (χ3v) is 4.49. The third kappa shape index (κ3) is 3.04. The van der Waals surface area contributed by atoms with Crippen molar-refractivity contribution in [3.63, 3.8) is 0 Å². The molecule has 1 aromatic rings. The average molecular weight is 279 g/mol. The number of hydrogen-bond acceptors (Lipinski definition) is 4. The molecule has 1 saturated heterocycles. The van der Waals surface area contributed by atoms with Gasteiger partial charge in [0.2, 0.25) is 5.43 Å². The fourth-order valence-electron chi connectivity index (χ4n) is 2.85. The van der Waals surface area contributed by atoms with Crippen LogP contribution in [0.2, 0.25) is 0 Å². The maximum atomic E-state index is 11.7. The average Bonchev–Trinajstić information content (AvgIpc) is 2.42. The van der Waals surface area contributed by atoms with Crippen molar-refractivity contribution in [1.29, 1.82) is 0 Å². The van der Waals surface area contributed by atoms with Gasteiger partial charge in [0.15, 0.2) is 5.75 Å². The third-order valence-electron chi connectivity index (χ3n) is 4.49. The maximum Gasteiger partial charge on any atom is 0.223 e. The van der Waals surface area contributed by atoms with Crippen LogP contribution >= 0.6 is 0 Å². The summed E-state index contributed by atoms with van der Waals surface area (Å²) in [5, 5.41) is 10.0. The molecule has 5 nitrogen and oxygen atoms in total. The standard InChI is InChI=1S/C15H25N3O2/c1-11-9-14(19)15(20)13(18(11)4)10-17(3)12-5-7-16(2)8-6-12/h9,12,20H,5-8,10H2,1-4H3. The van der Waals surface area contributed by atoms with Crippen molar-refractivity contribution >= 4 is 0 Å². The molecule has 0 aliphatic carbocycles. The normalized spacial score (nSPS) is 17.9. The number of hydrogen-bond donors (Lipinski definition) is 1. The Hall–Kier alpha value is -1.33. The van der Waals surface area contributed by atoms with Crippen molar-refractivity contribution in [2.24, 2.45) is 7.05 Å². The number of aromatic nitrogens is 1. The Kier molecular flexibility index (Phi) is 4.50. The fourth-order valence-corrected chi connectivity index (χ4v) is 2.85. The first-order valence-corrected chi connectivity index (χ1v) is 7.17. The molecule has 2 heterocycles. The second-order valence-electron chi connectivity index (χ2n) is 5.95. The second kappa shape index (κ2) is 5.97. The van der Waals surface area contributed by atoms with E-state index in [0.717, 1.165) is 31.6 Å². The van der Waals surface area contributed by atoms with Crippen LogP contribution in [0.25, 0.3) is 0 Å². The second-order valence-corrected chi connectivity index (χ2v) is 5.95. The molecule has 5 heteroatoms. The van der Waals surface area contributed by atoms with Crippen LogP contribution in [0.3, 0.4) is 0 Å². The van der Waals surface area contributed by atoms with Crippen molar-refractivity contribution in [2.45, 2.75) is 32.4 Å². The summed E-state index contributed by atoms with van der Waals surface area (Å²) in [6.07, 6.45) is 2.26. The molecule has 0 bridgehead atoms. The molecular formula is C15H25N3O2. The number of aromatic hydroxyl groups is 1. The lowest BCUT2D eigenvalue weighted by atomic mass is 10.0. The lowest BCUT2D eigenvalue weighted by Gasteiger charge is -2.35. The number of nitrogens with zero attached hydrogens (tertiary/aromatic N) is 3. The van der Waals surface area contributed by atoms with Gasteiger partial charge < -0.3 is 14.6 Å². The summed E-state index contributed by atoms with van der Waals surface area (Å²) in [5.41, 5.74) is 1.29. The topological polar surface area (TPSA) is 48.7 Å². The summed E-state index contributed by atoms with van der Waals surface area (Å²) >= 11 is 0. The number of likely N-dealkylation sites (tertiary alicyclic amines) is 1. The van der Waals surface area contributed by atoms with Crippen LogP contribution in [0.4, 0.5) is 0 Å². The Bertz CT molecular complexity index is 531. The van der Waals surface area contributed by atoms with E-state index in [1.165, 1.54) is 6.07 Å². The molecule has 1 aromatic heterocycles. The Balaban J connectivity index is 2.16. The van der Waals surface area contributed by atoms with Crippen LogP contribution in [-0.2, 0) is 13.6 Å². The Labute approximate surface area is 120 Å². The molecule has 1 N–H and O–H groups in total. The van der Waals surface area contributed by atoms with Gasteiger partial charge in [-0.3, -0.25) is 9.69 Å². The van der Waals surface area contributed by atoms with Gasteiger partial charge in [0.1, 0.15) is 0 Å². The Morgan fingerprint density at radius 2 is 1.95 bits per heavy atom. The first kappa shape index (κ1) is 15.1. The van der Waals surface area contributed by atoms with Gasteiger partial charge in [-0.05, 0) is 47.0 Å². The van der Waals surface area contributed by atoms with Gasteiger partial charge in [0, 0.05) is 31.4 Å². The molecule has 0 aromatic carbocycles. The highest BCUT2D eigenvalue weighted by atomic mass is 16.3. The van der Waals surface area contributed by atoms with Crippen LogP contribution in [0, 0.1) is 6.92 Å². The minimum absolute atomic E-state index is 0.113. The molecule has 0 radical (unpaired) electrons. The number of pyridine rings is 1. The molecular weight excluding hydrogens is 254 g/mol. The largest absolute Gasteiger partial charge is 0.503 e. The van der Waals surface area contributed by atoms with E-state index in [2.05, 4.69) is 23.9 Å². The quantitative estimate of drug-likeness (QED) is 0.894. The molecule has 0 saturated carbocycles. The van der Waals surface area contributed by atoms with E-state index < -0.39 is 0 Å². The molecule has 112 valence electrons. The predicted molar refractivity (Wildman–Crippen MR) is 80.1 cm³/mol. The smallest absolute Gasteiger partial charge is 0.223 e. The first-order valence-electron chi connectivity index (χ1n) is 7.17. The van der Waals surface area contributed by atoms with E-state index in [1.807, 2.05) is 18.5 Å². The zero-order valence-electron chi connectivity index (χ0n) is 12.9. The van der Waals surface area contributed by atoms with Crippen molar-refractivity contribution in [2.75, 3.05) is 27.2 Å². The summed E-state index contributed by atoms with van der Waals surface area (Å²) in [6.45, 7) is 4.70. The summed E-state index contributed by atoms with van der Waals surface area (Å²) in [5.74, 6) is -0.113. The Morgan fingerprint density at radius 3 is 2.55 bits per heavy atom. The highest BCUT2D eigenvalue weighted by Gasteiger charge is 2.22. The van der Waals surface area contributed by atoms with Gasteiger partial charge in [0.05, 0.1) is 5.69 Å². The molecule has 1 aliphatic heterocycles. The van der Waals surface area contributed by atoms with Gasteiger partial charge in [-0.1, -0.05) is 0 Å². The molecule has 0 unspecified atom stereocenters. The van der Waals surface area contributed by atoms with Crippen molar-refractivity contribution in [3.05, 3.63) is 27.7 Å². The number of piperidine rings is 1. The Morgan fingerprint density at radius 1 is 1.35 bits per heavy atom. The van der Waals surface area contributed by atoms with E-state index in [9.17, 15) is 9.90 Å². The molecule has 20 heavy (non-hydrogen) atoms. The van der Waals surface area contributed by atoms with Crippen LogP contribution in [0.5, 0.6) is 5.75 Å². The minimum atomic E-state index is -0.285. The zero-order valence-corrected chi connectivity index (χ0v) is 12.9. The highest BCUT2D eigenvalue weighted by molar-refractivity contribution is 5.29. The van der Waals surface area contributed by atoms with Crippen molar-refractivity contribution < 1.29 is 5.11 Å². The van der Waals surface area contributed by atoms with E-state index in [1.54, 1.807) is 0 Å². The number of aryl methyl sites for hydroxylation is 1. The van der Waals surface area contributed by atoms with Crippen LogP contribution in [0.15, 0.2) is 10.9 Å². The monoisotopic (exact) mass is 279 g/mol. The molecule has 0 atom stereocenters. The van der Waals surface area contributed by atoms with Crippen molar-refractivity contribution in [3.8, 4) is 5.75 Å². The van der Waals surface area contributed by atoms with E-state index in [0.29, 0.717) is 18.3 Å². The van der Waals surface area contributed by atoms with E-state index in [4.69, 9.17) is 0 Å². The SMILES string of the molecule is Cc1cc(=O)c(O)c(CN(C)C2CCN(C)CC2)n1C. The predicted octanol–water partition coefficient (Wildman–Crippen LogP) is 0.925. The van der Waals surface area contributed by atoms with E-state index in [-0.39, 0.29) is 11.2 Å². The lowest BCUT2D eigenvalue weighted by molar-refractivity contribution is 0.136. The van der Waals surface area contributed by atoms with Gasteiger partial charge >= 0.3 is 0 Å². The molecule has 0 spiro atoms. The van der Waals surface area contributed by atoms with Crippen molar-refractivity contribution in [1.82, 2.24) is 14.4 Å². The minimum Gasteiger partial charge on any atom is -0.503 e. The molecule has 2 rings (SSSR count). The molecule has 1 aliphatic rings. The molecule has 0 amide bonds. The van der Waals surface area contributed by atoms with Crippen LogP contribution in [0.1, 0.15) is 24.2 Å². The van der Waals surface area contributed by atoms with E-state index >= 15 is 0 Å². The fraction of sp³-hybridized carbons (Fsp3) is 0.667. The lowest BCUT2D eigenvalue weighted by Crippen LogP contribution is -2.42. The summed E-state index contributed by atoms with van der Waals surface area (Å²) in [6, 6.07) is 2.00. The van der Waals surface area contributed by atoms with Crippen LogP contribution in [-0.4, -0.2) is 52.7 Å². The van der Waals surface area contributed by atoms with Gasteiger partial charge in [0.25, 0.3) is 0 Å². The highest BCUT2D eigenvalue weighted by Crippen LogP contribution is 2.20. The van der Waals surface area contributed by atoms with Gasteiger partial charge in [-0.2, -0.15) is 0 Å². The summed E-state index contributed by atoms with van der Waals surface area (Å²) in [4.78, 5) is 16.3. The zero-order chi connectivity index (χ0) is 14.9. The number of rotatable bonds is 3. The maximum absolute atomic E-state index is 11.7. The van der Waals surface area contributed by atoms with Crippen LogP contribution < -0.4 is 5.43 Å². The summed E-state index contributed by atoms with van der Waals surface area (Å²) in [7, 11) is 6.11. The van der Waals surface area contributed by atoms with Gasteiger partial charge in [-0.15, -0.1) is 0 Å².